The molecule has 0 saturated heterocycles. The third kappa shape index (κ3) is 3.72. The van der Waals surface area contributed by atoms with Crippen LogP contribution in [0.3, 0.4) is 0 Å². The third-order valence-electron chi connectivity index (χ3n) is 2.86. The number of nitrogens with zero attached hydrogens (tertiary/aromatic N) is 1. The van der Waals surface area contributed by atoms with Gasteiger partial charge in [-0.15, -0.1) is 0 Å². The Morgan fingerprint density at radius 1 is 1.26 bits per heavy atom. The van der Waals surface area contributed by atoms with Crippen LogP contribution in [0.5, 0.6) is 5.75 Å². The van der Waals surface area contributed by atoms with E-state index in [9.17, 15) is 0 Å². The molecule has 0 radical (unpaired) electrons. The molecule has 0 bridgehead atoms. The van der Waals surface area contributed by atoms with E-state index in [1.54, 1.807) is 18.9 Å². The summed E-state index contributed by atoms with van der Waals surface area (Å²) >= 11 is 1.66. The van der Waals surface area contributed by atoms with E-state index in [4.69, 9.17) is 10.5 Å². The summed E-state index contributed by atoms with van der Waals surface area (Å²) in [4.78, 5) is 6.64. The summed E-state index contributed by atoms with van der Waals surface area (Å²) in [6.45, 7) is 2.06. The van der Waals surface area contributed by atoms with Gasteiger partial charge < -0.3 is 10.5 Å². The molecule has 1 aromatic heterocycles. The van der Waals surface area contributed by atoms with Gasteiger partial charge in [-0.3, -0.25) is 4.98 Å². The zero-order valence-corrected chi connectivity index (χ0v) is 12.0. The van der Waals surface area contributed by atoms with Gasteiger partial charge in [0.05, 0.1) is 12.8 Å². The van der Waals surface area contributed by atoms with E-state index in [2.05, 4.69) is 24.0 Å². The van der Waals surface area contributed by atoms with Crippen molar-refractivity contribution in [1.82, 2.24) is 4.98 Å². The van der Waals surface area contributed by atoms with Crippen molar-refractivity contribution in [3.05, 3.63) is 48.3 Å². The minimum absolute atomic E-state index is 0.0240. The molecule has 4 heteroatoms. The minimum Gasteiger partial charge on any atom is -0.497 e. The number of methoxy groups -OCH3 is 1. The maximum Gasteiger partial charge on any atom is 0.119 e. The fraction of sp³-hybridized carbons (Fsp3) is 0.267. The van der Waals surface area contributed by atoms with Gasteiger partial charge in [0.15, 0.2) is 0 Å². The maximum absolute atomic E-state index is 5.95. The Hall–Kier alpha value is -1.52. The summed E-state index contributed by atoms with van der Waals surface area (Å²) in [5.74, 6) is 0.864. The van der Waals surface area contributed by atoms with Crippen molar-refractivity contribution in [1.29, 1.82) is 0 Å². The van der Waals surface area contributed by atoms with Crippen LogP contribution in [-0.2, 0) is 0 Å². The molecule has 100 valence electrons. The molecule has 2 rings (SSSR count). The highest BCUT2D eigenvalue weighted by molar-refractivity contribution is 7.99. The summed E-state index contributed by atoms with van der Waals surface area (Å²) in [7, 11) is 1.67. The maximum atomic E-state index is 5.95. The van der Waals surface area contributed by atoms with Gasteiger partial charge in [-0.25, -0.2) is 0 Å². The fourth-order valence-electron chi connectivity index (χ4n) is 1.68. The number of rotatable bonds is 5. The Morgan fingerprint density at radius 2 is 2.11 bits per heavy atom. The van der Waals surface area contributed by atoms with Crippen LogP contribution >= 0.6 is 11.8 Å². The average Bonchev–Trinajstić information content (AvgIpc) is 2.47. The number of hydrogen-bond acceptors (Lipinski definition) is 4. The molecule has 2 aromatic rings. The highest BCUT2D eigenvalue weighted by atomic mass is 32.2. The SMILES string of the molecule is CCC(N)c1ccc(Sc2cccc(OC)c2)cn1. The molecule has 1 heterocycles. The van der Waals surface area contributed by atoms with Crippen molar-refractivity contribution in [2.75, 3.05) is 7.11 Å². The van der Waals surface area contributed by atoms with Gasteiger partial charge in [-0.05, 0) is 36.8 Å². The van der Waals surface area contributed by atoms with Gasteiger partial charge in [-0.1, -0.05) is 24.8 Å². The molecule has 19 heavy (non-hydrogen) atoms. The van der Waals surface area contributed by atoms with Crippen LogP contribution in [0.2, 0.25) is 0 Å². The number of hydrogen-bond donors (Lipinski definition) is 1. The number of benzene rings is 1. The van der Waals surface area contributed by atoms with E-state index in [1.165, 1.54) is 0 Å². The lowest BCUT2D eigenvalue weighted by Crippen LogP contribution is -2.10. The molecule has 0 aliphatic rings. The van der Waals surface area contributed by atoms with Crippen LogP contribution < -0.4 is 10.5 Å². The Bertz CT molecular complexity index is 528. The number of nitrogens with two attached hydrogens (primary N) is 1. The topological polar surface area (TPSA) is 48.1 Å². The first-order valence-electron chi connectivity index (χ1n) is 6.26. The summed E-state index contributed by atoms with van der Waals surface area (Å²) in [6, 6.07) is 12.1. The van der Waals surface area contributed by atoms with Crippen LogP contribution in [0.4, 0.5) is 0 Å². The van der Waals surface area contributed by atoms with Gasteiger partial charge in [0.1, 0.15) is 5.75 Å². The van der Waals surface area contributed by atoms with E-state index in [0.717, 1.165) is 27.7 Å². The quantitative estimate of drug-likeness (QED) is 0.904. The molecule has 3 nitrogen and oxygen atoms in total. The zero-order chi connectivity index (χ0) is 13.7. The van der Waals surface area contributed by atoms with Crippen LogP contribution in [0.25, 0.3) is 0 Å². The largest absolute Gasteiger partial charge is 0.497 e. The van der Waals surface area contributed by atoms with Crippen LogP contribution in [0.1, 0.15) is 25.1 Å². The molecule has 0 aliphatic carbocycles. The van der Waals surface area contributed by atoms with Crippen LogP contribution in [0, 0.1) is 0 Å². The molecule has 0 spiro atoms. The van der Waals surface area contributed by atoms with Crippen molar-refractivity contribution in [3.8, 4) is 5.75 Å². The second-order valence-electron chi connectivity index (χ2n) is 4.21. The van der Waals surface area contributed by atoms with Crippen molar-refractivity contribution in [3.63, 3.8) is 0 Å². The molecule has 1 aromatic carbocycles. The molecule has 0 fully saturated rings. The molecule has 2 N–H and O–H groups in total. The molecule has 1 unspecified atom stereocenters. The number of pyridine rings is 1. The lowest BCUT2D eigenvalue weighted by molar-refractivity contribution is 0.413. The number of aromatic nitrogens is 1. The van der Waals surface area contributed by atoms with E-state index < -0.39 is 0 Å². The monoisotopic (exact) mass is 274 g/mol. The first-order valence-corrected chi connectivity index (χ1v) is 7.08. The highest BCUT2D eigenvalue weighted by Gasteiger charge is 2.05. The predicted molar refractivity (Wildman–Crippen MR) is 78.6 cm³/mol. The standard InChI is InChI=1S/C15H18N2OS/c1-3-14(16)15-8-7-13(10-17-15)19-12-6-4-5-11(9-12)18-2/h4-10,14H,3,16H2,1-2H3. The van der Waals surface area contributed by atoms with Crippen LogP contribution in [0.15, 0.2) is 52.4 Å². The second-order valence-corrected chi connectivity index (χ2v) is 5.36. The van der Waals surface area contributed by atoms with Crippen molar-refractivity contribution in [2.45, 2.75) is 29.2 Å². The third-order valence-corrected chi connectivity index (χ3v) is 3.82. The van der Waals surface area contributed by atoms with Crippen LogP contribution in [-0.4, -0.2) is 12.1 Å². The van der Waals surface area contributed by atoms with Gasteiger partial charge in [-0.2, -0.15) is 0 Å². The first kappa shape index (κ1) is 13.9. The van der Waals surface area contributed by atoms with Gasteiger partial charge in [0.2, 0.25) is 0 Å². The van der Waals surface area contributed by atoms with Gasteiger partial charge in [0.25, 0.3) is 0 Å². The smallest absolute Gasteiger partial charge is 0.119 e. The van der Waals surface area contributed by atoms with E-state index >= 15 is 0 Å². The molecular weight excluding hydrogens is 256 g/mol. The fourth-order valence-corrected chi connectivity index (χ4v) is 2.52. The summed E-state index contributed by atoms with van der Waals surface area (Å²) < 4.78 is 5.21. The van der Waals surface area contributed by atoms with E-state index in [-0.39, 0.29) is 6.04 Å². The highest BCUT2D eigenvalue weighted by Crippen LogP contribution is 2.29. The summed E-state index contributed by atoms with van der Waals surface area (Å²) in [5.41, 5.74) is 6.89. The van der Waals surface area contributed by atoms with Crippen molar-refractivity contribution in [2.24, 2.45) is 5.73 Å². The molecule has 0 aliphatic heterocycles. The molecule has 0 saturated carbocycles. The normalized spacial score (nSPS) is 12.2. The van der Waals surface area contributed by atoms with Crippen molar-refractivity contribution >= 4 is 11.8 Å². The van der Waals surface area contributed by atoms with E-state index in [0.29, 0.717) is 0 Å². The van der Waals surface area contributed by atoms with E-state index in [1.807, 2.05) is 30.5 Å². The Labute approximate surface area is 118 Å². The minimum atomic E-state index is 0.0240. The number of ether oxygens (including phenoxy) is 1. The average molecular weight is 274 g/mol. The predicted octanol–water partition coefficient (Wildman–Crippen LogP) is 3.65. The van der Waals surface area contributed by atoms with Gasteiger partial charge >= 0.3 is 0 Å². The molecule has 1 atom stereocenters. The van der Waals surface area contributed by atoms with Crippen molar-refractivity contribution < 1.29 is 4.74 Å². The lowest BCUT2D eigenvalue weighted by atomic mass is 10.1. The Kier molecular flexibility index (Phi) is 4.82. The zero-order valence-electron chi connectivity index (χ0n) is 11.2. The Balaban J connectivity index is 2.10. The molecular formula is C15H18N2OS. The first-order chi connectivity index (χ1) is 9.22. The summed E-state index contributed by atoms with van der Waals surface area (Å²) in [5, 5.41) is 0. The second kappa shape index (κ2) is 6.59. The summed E-state index contributed by atoms with van der Waals surface area (Å²) in [6.07, 6.45) is 2.77. The lowest BCUT2D eigenvalue weighted by Gasteiger charge is -2.09. The Morgan fingerprint density at radius 3 is 2.74 bits per heavy atom. The molecule has 0 amide bonds. The van der Waals surface area contributed by atoms with Gasteiger partial charge in [0, 0.05) is 22.0 Å².